The van der Waals surface area contributed by atoms with Crippen molar-refractivity contribution < 1.29 is 0 Å². The summed E-state index contributed by atoms with van der Waals surface area (Å²) in [6.07, 6.45) is 1.03. The summed E-state index contributed by atoms with van der Waals surface area (Å²) in [6, 6.07) is 14.0. The van der Waals surface area contributed by atoms with Crippen LogP contribution < -0.4 is 4.90 Å². The van der Waals surface area contributed by atoms with Gasteiger partial charge in [-0.15, -0.1) is 0 Å². The molecule has 0 amide bonds. The van der Waals surface area contributed by atoms with Gasteiger partial charge < -0.3 is 4.90 Å². The van der Waals surface area contributed by atoms with E-state index in [0.717, 1.165) is 6.42 Å². The summed E-state index contributed by atoms with van der Waals surface area (Å²) < 4.78 is 0. The molecular weight excluding hydrogens is 278 g/mol. The van der Waals surface area contributed by atoms with Gasteiger partial charge in [-0.05, 0) is 45.2 Å². The second-order valence-corrected chi connectivity index (χ2v) is 8.92. The Morgan fingerprint density at radius 3 is 1.43 bits per heavy atom. The highest BCUT2D eigenvalue weighted by molar-refractivity contribution is 5.75. The van der Waals surface area contributed by atoms with E-state index >= 15 is 0 Å². The molecule has 1 heterocycles. The zero-order valence-electron chi connectivity index (χ0n) is 15.6. The van der Waals surface area contributed by atoms with Crippen LogP contribution in [-0.2, 0) is 17.3 Å². The molecule has 1 aliphatic rings. The van der Waals surface area contributed by atoms with Gasteiger partial charge in [0.1, 0.15) is 0 Å². The van der Waals surface area contributed by atoms with E-state index < -0.39 is 0 Å². The molecule has 0 N–H and O–H groups in total. The highest BCUT2D eigenvalue weighted by atomic mass is 15.1. The van der Waals surface area contributed by atoms with Gasteiger partial charge in [0, 0.05) is 24.8 Å². The lowest BCUT2D eigenvalue weighted by molar-refractivity contribution is 0.589. The Bertz CT molecular complexity index is 678. The van der Waals surface area contributed by atoms with Gasteiger partial charge in [0.2, 0.25) is 0 Å². The van der Waals surface area contributed by atoms with E-state index in [1.54, 1.807) is 0 Å². The third-order valence-electron chi connectivity index (χ3n) is 5.01. The van der Waals surface area contributed by atoms with Crippen LogP contribution in [0.5, 0.6) is 0 Å². The largest absolute Gasteiger partial charge is 0.344 e. The van der Waals surface area contributed by atoms with Gasteiger partial charge in [0.15, 0.2) is 0 Å². The maximum absolute atomic E-state index is 2.38. The molecule has 0 aromatic heterocycles. The van der Waals surface area contributed by atoms with Crippen LogP contribution in [0.3, 0.4) is 0 Å². The number of fused-ring (bicyclic) bond motifs is 2. The average molecular weight is 307 g/mol. The molecule has 122 valence electrons. The Balaban J connectivity index is 2.09. The monoisotopic (exact) mass is 307 g/mol. The second kappa shape index (κ2) is 5.12. The summed E-state index contributed by atoms with van der Waals surface area (Å²) in [5.74, 6) is 0. The van der Waals surface area contributed by atoms with Crippen LogP contribution in [0.25, 0.3) is 0 Å². The van der Waals surface area contributed by atoms with E-state index in [-0.39, 0.29) is 10.8 Å². The smallest absolute Gasteiger partial charge is 0.0447 e. The Labute approximate surface area is 141 Å². The quantitative estimate of drug-likeness (QED) is 0.581. The minimum absolute atomic E-state index is 0.184. The number of hydrogen-bond donors (Lipinski definition) is 0. The van der Waals surface area contributed by atoms with Gasteiger partial charge in [-0.1, -0.05) is 65.8 Å². The third kappa shape index (κ3) is 2.89. The van der Waals surface area contributed by atoms with Crippen molar-refractivity contribution in [2.75, 3.05) is 11.9 Å². The van der Waals surface area contributed by atoms with Gasteiger partial charge in [0.25, 0.3) is 0 Å². The summed E-state index contributed by atoms with van der Waals surface area (Å²) in [7, 11) is 2.20. The maximum Gasteiger partial charge on any atom is 0.0447 e. The third-order valence-corrected chi connectivity index (χ3v) is 5.01. The lowest BCUT2D eigenvalue weighted by atomic mass is 9.82. The van der Waals surface area contributed by atoms with Gasteiger partial charge in [0.05, 0.1) is 0 Å². The van der Waals surface area contributed by atoms with Crippen molar-refractivity contribution in [2.24, 2.45) is 0 Å². The van der Waals surface area contributed by atoms with E-state index in [4.69, 9.17) is 0 Å². The molecule has 1 nitrogen and oxygen atoms in total. The molecule has 1 heteroatoms. The van der Waals surface area contributed by atoms with Crippen molar-refractivity contribution in [2.45, 2.75) is 58.8 Å². The normalized spacial score (nSPS) is 14.5. The number of anilines is 2. The fourth-order valence-corrected chi connectivity index (χ4v) is 3.32. The second-order valence-electron chi connectivity index (χ2n) is 8.92. The first-order chi connectivity index (χ1) is 10.6. The lowest BCUT2D eigenvalue weighted by Gasteiger charge is -2.33. The Hall–Kier alpha value is -1.76. The first kappa shape index (κ1) is 16.1. The van der Waals surface area contributed by atoms with Crippen LogP contribution in [0, 0.1) is 0 Å². The van der Waals surface area contributed by atoms with Crippen molar-refractivity contribution in [3.05, 3.63) is 58.7 Å². The zero-order valence-corrected chi connectivity index (χ0v) is 15.6. The van der Waals surface area contributed by atoms with Crippen LogP contribution in [0.15, 0.2) is 36.4 Å². The fourth-order valence-electron chi connectivity index (χ4n) is 3.32. The summed E-state index contributed by atoms with van der Waals surface area (Å²) in [5, 5.41) is 0. The molecule has 0 aliphatic carbocycles. The first-order valence-corrected chi connectivity index (χ1v) is 8.58. The van der Waals surface area contributed by atoms with Crippen LogP contribution in [0.1, 0.15) is 63.8 Å². The minimum Gasteiger partial charge on any atom is -0.344 e. The van der Waals surface area contributed by atoms with Gasteiger partial charge >= 0.3 is 0 Å². The highest BCUT2D eigenvalue weighted by Crippen LogP contribution is 2.41. The molecule has 0 unspecified atom stereocenters. The van der Waals surface area contributed by atoms with Gasteiger partial charge in [-0.25, -0.2) is 0 Å². The number of rotatable bonds is 0. The highest BCUT2D eigenvalue weighted by Gasteiger charge is 2.24. The Kier molecular flexibility index (Phi) is 3.59. The maximum atomic E-state index is 2.38. The topological polar surface area (TPSA) is 3.24 Å². The van der Waals surface area contributed by atoms with Gasteiger partial charge in [-0.3, -0.25) is 0 Å². The van der Waals surface area contributed by atoms with Crippen molar-refractivity contribution in [1.29, 1.82) is 0 Å². The zero-order chi connectivity index (χ0) is 17.0. The first-order valence-electron chi connectivity index (χ1n) is 8.58. The van der Waals surface area contributed by atoms with E-state index in [0.29, 0.717) is 0 Å². The molecule has 3 rings (SSSR count). The average Bonchev–Trinajstić information content (AvgIpc) is 2.45. The van der Waals surface area contributed by atoms with Crippen molar-refractivity contribution in [3.8, 4) is 0 Å². The standard InChI is InChI=1S/C22H29N/c1-21(2,3)17-10-8-15-12-16-9-11-18(22(4,5)6)14-20(16)23(7)19(15)13-17/h8-11,13-14H,12H2,1-7H3. The van der Waals surface area contributed by atoms with Crippen molar-refractivity contribution in [1.82, 2.24) is 0 Å². The molecule has 2 aromatic carbocycles. The summed E-state index contributed by atoms with van der Waals surface area (Å²) >= 11 is 0. The Morgan fingerprint density at radius 1 is 0.696 bits per heavy atom. The predicted octanol–water partition coefficient (Wildman–Crippen LogP) is 5.95. The summed E-state index contributed by atoms with van der Waals surface area (Å²) in [6.45, 7) is 13.7. The minimum atomic E-state index is 0.184. The van der Waals surface area contributed by atoms with E-state index in [2.05, 4.69) is 89.9 Å². The molecule has 1 aliphatic heterocycles. The van der Waals surface area contributed by atoms with Crippen LogP contribution in [-0.4, -0.2) is 7.05 Å². The Morgan fingerprint density at radius 2 is 1.09 bits per heavy atom. The van der Waals surface area contributed by atoms with Crippen LogP contribution in [0.2, 0.25) is 0 Å². The fraction of sp³-hybridized carbons (Fsp3) is 0.455. The molecule has 0 spiro atoms. The van der Waals surface area contributed by atoms with Crippen LogP contribution in [0.4, 0.5) is 11.4 Å². The van der Waals surface area contributed by atoms with Crippen molar-refractivity contribution in [3.63, 3.8) is 0 Å². The predicted molar refractivity (Wildman–Crippen MR) is 101 cm³/mol. The molecule has 23 heavy (non-hydrogen) atoms. The molecule has 0 atom stereocenters. The molecule has 0 radical (unpaired) electrons. The summed E-state index contributed by atoms with van der Waals surface area (Å²) in [5.41, 5.74) is 8.74. The molecule has 0 fully saturated rings. The van der Waals surface area contributed by atoms with Gasteiger partial charge in [-0.2, -0.15) is 0 Å². The molecule has 0 saturated carbocycles. The number of hydrogen-bond acceptors (Lipinski definition) is 1. The number of benzene rings is 2. The molecule has 0 saturated heterocycles. The van der Waals surface area contributed by atoms with Crippen LogP contribution >= 0.6 is 0 Å². The lowest BCUT2D eigenvalue weighted by Crippen LogP contribution is -2.22. The van der Waals surface area contributed by atoms with E-state index in [1.165, 1.54) is 33.6 Å². The SMILES string of the molecule is CN1c2cc(C(C)(C)C)ccc2Cc2ccc(C(C)(C)C)cc21. The molecular formula is C22H29N. The van der Waals surface area contributed by atoms with E-state index in [9.17, 15) is 0 Å². The van der Waals surface area contributed by atoms with Crippen molar-refractivity contribution >= 4 is 11.4 Å². The molecule has 0 bridgehead atoms. The molecule has 2 aromatic rings. The number of nitrogens with zero attached hydrogens (tertiary/aromatic N) is 1. The van der Waals surface area contributed by atoms with E-state index in [1.807, 2.05) is 0 Å². The summed E-state index contributed by atoms with van der Waals surface area (Å²) in [4.78, 5) is 2.37.